The Morgan fingerprint density at radius 2 is 1.66 bits per heavy atom. The number of likely N-dealkylation sites (tertiary alicyclic amines) is 1. The molecule has 0 saturated carbocycles. The Morgan fingerprint density at radius 1 is 1.00 bits per heavy atom. The van der Waals surface area contributed by atoms with Gasteiger partial charge < -0.3 is 10.6 Å². The second-order valence-corrected chi connectivity index (χ2v) is 9.63. The number of piperidine rings is 1. The summed E-state index contributed by atoms with van der Waals surface area (Å²) in [5, 5.41) is 6.26. The van der Waals surface area contributed by atoms with Crippen molar-refractivity contribution >= 4 is 11.8 Å². The molecule has 0 bridgehead atoms. The molecule has 3 aromatic rings. The highest BCUT2D eigenvalue weighted by Gasteiger charge is 2.23. The van der Waals surface area contributed by atoms with Gasteiger partial charge in [-0.2, -0.15) is 0 Å². The third-order valence-corrected chi connectivity index (χ3v) is 6.68. The molecule has 0 spiro atoms. The zero-order chi connectivity index (χ0) is 29.7. The van der Waals surface area contributed by atoms with Crippen molar-refractivity contribution in [3.63, 3.8) is 0 Å². The summed E-state index contributed by atoms with van der Waals surface area (Å²) in [5.74, 6) is 0.199. The van der Waals surface area contributed by atoms with Crippen molar-refractivity contribution < 1.29 is 9.59 Å². The molecule has 1 unspecified atom stereocenters. The number of carbonyl (C=O) groups excluding carboxylic acids is 2. The lowest BCUT2D eigenvalue weighted by molar-refractivity contribution is -0.122. The maximum absolute atomic E-state index is 12.7. The fraction of sp³-hybridized carbons (Fsp3) is 0.343. The molecule has 1 fully saturated rings. The van der Waals surface area contributed by atoms with Crippen LogP contribution in [0.2, 0.25) is 0 Å². The smallest absolute Gasteiger partial charge is 0.251 e. The van der Waals surface area contributed by atoms with E-state index in [2.05, 4.69) is 45.3 Å². The predicted molar refractivity (Wildman–Crippen MR) is 170 cm³/mol. The number of amides is 2. The highest BCUT2D eigenvalue weighted by Crippen LogP contribution is 2.20. The summed E-state index contributed by atoms with van der Waals surface area (Å²) in [5.41, 5.74) is 3.05. The van der Waals surface area contributed by atoms with Crippen LogP contribution in [0.15, 0.2) is 110 Å². The van der Waals surface area contributed by atoms with E-state index in [9.17, 15) is 9.59 Å². The van der Waals surface area contributed by atoms with Gasteiger partial charge in [0.05, 0.1) is 6.54 Å². The molecule has 2 N–H and O–H groups in total. The Labute approximate surface area is 246 Å². The fourth-order valence-electron chi connectivity index (χ4n) is 4.56. The number of pyridine rings is 1. The molecular weight excluding hydrogens is 508 g/mol. The van der Waals surface area contributed by atoms with Gasteiger partial charge in [0.25, 0.3) is 5.91 Å². The van der Waals surface area contributed by atoms with Crippen LogP contribution in [0.5, 0.6) is 0 Å². The van der Waals surface area contributed by atoms with E-state index in [1.807, 2.05) is 93.7 Å². The lowest BCUT2D eigenvalue weighted by Gasteiger charge is -2.32. The number of hydrogen-bond donors (Lipinski definition) is 2. The van der Waals surface area contributed by atoms with E-state index in [0.29, 0.717) is 18.7 Å². The third-order valence-electron chi connectivity index (χ3n) is 6.68. The summed E-state index contributed by atoms with van der Waals surface area (Å²) in [7, 11) is 0. The largest absolute Gasteiger partial charge is 0.354 e. The molecule has 0 radical (unpaired) electrons. The van der Waals surface area contributed by atoms with E-state index in [1.165, 1.54) is 5.56 Å². The van der Waals surface area contributed by atoms with Crippen LogP contribution in [-0.2, 0) is 11.2 Å². The van der Waals surface area contributed by atoms with Gasteiger partial charge in [-0.1, -0.05) is 93.3 Å². The first-order valence-electron chi connectivity index (χ1n) is 14.6. The van der Waals surface area contributed by atoms with Gasteiger partial charge in [-0.25, -0.2) is 0 Å². The molecule has 4 rings (SSSR count). The molecule has 1 aromatic heterocycles. The summed E-state index contributed by atoms with van der Waals surface area (Å²) in [4.78, 5) is 31.5. The van der Waals surface area contributed by atoms with Crippen molar-refractivity contribution in [3.05, 3.63) is 127 Å². The number of rotatable bonds is 10. The zero-order valence-corrected chi connectivity index (χ0v) is 24.8. The Balaban J connectivity index is 0.000000759. The van der Waals surface area contributed by atoms with E-state index in [4.69, 9.17) is 0 Å². The third kappa shape index (κ3) is 12.8. The zero-order valence-electron chi connectivity index (χ0n) is 24.8. The maximum atomic E-state index is 12.7. The Hall–Kier alpha value is -4.03. The quantitative estimate of drug-likeness (QED) is 0.293. The van der Waals surface area contributed by atoms with Crippen LogP contribution in [0, 0.1) is 0 Å². The van der Waals surface area contributed by atoms with Crippen molar-refractivity contribution in [1.29, 1.82) is 0 Å². The number of nitrogens with one attached hydrogen (secondary N) is 2. The van der Waals surface area contributed by atoms with Crippen molar-refractivity contribution in [2.75, 3.05) is 26.2 Å². The van der Waals surface area contributed by atoms with Crippen molar-refractivity contribution in [2.45, 2.75) is 52.0 Å². The molecule has 2 heterocycles. The number of aromatic nitrogens is 1. The van der Waals surface area contributed by atoms with Gasteiger partial charge >= 0.3 is 0 Å². The SMILES string of the molecule is C=C/C=C\C.CC.O=C(CN1CCC(NC(=O)c2ccccc2)CC1)NCC(Cc1cccnc1)c1ccccc1. The van der Waals surface area contributed by atoms with Crippen molar-refractivity contribution in [1.82, 2.24) is 20.5 Å². The Morgan fingerprint density at radius 3 is 2.22 bits per heavy atom. The molecule has 6 heteroatoms. The standard InChI is InChI=1S/C28H32N4O2.C5H8.C2H6/c33-27(21-32-16-13-26(14-17-32)31-28(34)24-11-5-2-6-12-24)30-20-25(23-9-3-1-4-10-23)18-22-8-7-15-29-19-22;1-3-5-4-2;1-2/h1-12,15,19,25-26H,13-14,16-18,20-21H2,(H,30,33)(H,31,34);3-5H,1H2,2H3;1-2H3/b;5-4-;. The highest BCUT2D eigenvalue weighted by atomic mass is 16.2. The molecule has 1 atom stereocenters. The number of benzene rings is 2. The topological polar surface area (TPSA) is 74.3 Å². The van der Waals surface area contributed by atoms with Crippen LogP contribution in [0.25, 0.3) is 0 Å². The molecule has 2 aromatic carbocycles. The summed E-state index contributed by atoms with van der Waals surface area (Å²) in [6.07, 6.45) is 11.8. The minimum atomic E-state index is -0.0302. The van der Waals surface area contributed by atoms with E-state index in [0.717, 1.165) is 37.9 Å². The van der Waals surface area contributed by atoms with Crippen LogP contribution in [0.4, 0.5) is 0 Å². The van der Waals surface area contributed by atoms with Crippen molar-refractivity contribution in [3.8, 4) is 0 Å². The first kappa shape index (κ1) is 33.2. The summed E-state index contributed by atoms with van der Waals surface area (Å²) < 4.78 is 0. The van der Waals surface area contributed by atoms with E-state index in [1.54, 1.807) is 12.3 Å². The average molecular weight is 555 g/mol. The van der Waals surface area contributed by atoms with Gasteiger partial charge in [0.15, 0.2) is 0 Å². The second-order valence-electron chi connectivity index (χ2n) is 9.63. The van der Waals surface area contributed by atoms with E-state index in [-0.39, 0.29) is 23.8 Å². The summed E-state index contributed by atoms with van der Waals surface area (Å²) in [6.45, 7) is 12.0. The maximum Gasteiger partial charge on any atom is 0.251 e. The van der Waals surface area contributed by atoms with Gasteiger partial charge in [-0.3, -0.25) is 19.5 Å². The van der Waals surface area contributed by atoms with Crippen LogP contribution in [0.3, 0.4) is 0 Å². The normalized spacial score (nSPS) is 14.0. The highest BCUT2D eigenvalue weighted by molar-refractivity contribution is 5.94. The van der Waals surface area contributed by atoms with Gasteiger partial charge in [-0.05, 0) is 55.5 Å². The Kier molecular flexibility index (Phi) is 16.1. The number of allylic oxidation sites excluding steroid dienone is 3. The average Bonchev–Trinajstić information content (AvgIpc) is 3.03. The fourth-order valence-corrected chi connectivity index (χ4v) is 4.56. The summed E-state index contributed by atoms with van der Waals surface area (Å²) in [6, 6.07) is 23.8. The van der Waals surface area contributed by atoms with Crippen LogP contribution in [-0.4, -0.2) is 53.9 Å². The van der Waals surface area contributed by atoms with Crippen LogP contribution >= 0.6 is 0 Å². The number of carbonyl (C=O) groups is 2. The van der Waals surface area contributed by atoms with Crippen molar-refractivity contribution in [2.24, 2.45) is 0 Å². The molecule has 1 aliphatic rings. The molecule has 1 saturated heterocycles. The van der Waals surface area contributed by atoms with Crippen LogP contribution < -0.4 is 10.6 Å². The lowest BCUT2D eigenvalue weighted by Crippen LogP contribution is -2.47. The Bertz CT molecular complexity index is 1160. The summed E-state index contributed by atoms with van der Waals surface area (Å²) >= 11 is 0. The molecular formula is C35H46N4O2. The minimum Gasteiger partial charge on any atom is -0.354 e. The monoisotopic (exact) mass is 554 g/mol. The number of hydrogen-bond acceptors (Lipinski definition) is 4. The van der Waals surface area contributed by atoms with Gasteiger partial charge in [0.2, 0.25) is 5.91 Å². The number of nitrogens with zero attached hydrogens (tertiary/aromatic N) is 2. The molecule has 6 nitrogen and oxygen atoms in total. The predicted octanol–water partition coefficient (Wildman–Crippen LogP) is 6.19. The first-order valence-corrected chi connectivity index (χ1v) is 14.6. The van der Waals surface area contributed by atoms with E-state index < -0.39 is 0 Å². The van der Waals surface area contributed by atoms with Gasteiger partial charge in [-0.15, -0.1) is 0 Å². The molecule has 0 aliphatic carbocycles. The minimum absolute atomic E-state index is 0.0302. The van der Waals surface area contributed by atoms with Crippen LogP contribution in [0.1, 0.15) is 61.0 Å². The van der Waals surface area contributed by atoms with Gasteiger partial charge in [0.1, 0.15) is 0 Å². The molecule has 218 valence electrons. The molecule has 41 heavy (non-hydrogen) atoms. The first-order chi connectivity index (χ1) is 20.1. The second kappa shape index (κ2) is 19.9. The van der Waals surface area contributed by atoms with Gasteiger partial charge in [0, 0.05) is 49.6 Å². The lowest BCUT2D eigenvalue weighted by atomic mass is 9.92. The molecule has 1 aliphatic heterocycles. The molecule has 2 amide bonds. The van der Waals surface area contributed by atoms with E-state index >= 15 is 0 Å².